The standard InChI is InChI=1S/C17H17F3N2O/c1-11-7-8-12(17(18,19)20)10-13(11)15(23)22-16(2,3)14-6-4-5-9-21-14/h4-10H,1-3H3,(H,22,23). The van der Waals surface area contributed by atoms with Crippen LogP contribution in [-0.4, -0.2) is 10.9 Å². The minimum Gasteiger partial charge on any atom is -0.342 e. The van der Waals surface area contributed by atoms with Crippen molar-refractivity contribution in [1.29, 1.82) is 0 Å². The lowest BCUT2D eigenvalue weighted by molar-refractivity contribution is -0.137. The summed E-state index contributed by atoms with van der Waals surface area (Å²) in [4.78, 5) is 16.6. The second-order valence-corrected chi connectivity index (χ2v) is 5.82. The van der Waals surface area contributed by atoms with Crippen LogP contribution in [0.4, 0.5) is 13.2 Å². The number of hydrogen-bond donors (Lipinski definition) is 1. The minimum atomic E-state index is -4.49. The number of carbonyl (C=O) groups is 1. The fourth-order valence-corrected chi connectivity index (χ4v) is 2.19. The van der Waals surface area contributed by atoms with Crippen molar-refractivity contribution in [3.05, 3.63) is 65.0 Å². The van der Waals surface area contributed by atoms with Crippen LogP contribution in [0.5, 0.6) is 0 Å². The number of aryl methyl sites for hydroxylation is 1. The first-order valence-corrected chi connectivity index (χ1v) is 7.03. The number of aromatic nitrogens is 1. The van der Waals surface area contributed by atoms with Crippen molar-refractivity contribution < 1.29 is 18.0 Å². The molecule has 0 unspecified atom stereocenters. The van der Waals surface area contributed by atoms with Crippen LogP contribution in [0.2, 0.25) is 0 Å². The summed E-state index contributed by atoms with van der Waals surface area (Å²) in [5.41, 5.74) is -0.544. The molecule has 0 aliphatic rings. The first kappa shape index (κ1) is 17.0. The Morgan fingerprint density at radius 3 is 2.39 bits per heavy atom. The molecule has 1 aromatic carbocycles. The summed E-state index contributed by atoms with van der Waals surface area (Å²) in [7, 11) is 0. The Morgan fingerprint density at radius 1 is 1.13 bits per heavy atom. The number of nitrogens with one attached hydrogen (secondary N) is 1. The second kappa shape index (κ2) is 6.02. The molecule has 1 N–H and O–H groups in total. The molecule has 6 heteroatoms. The van der Waals surface area contributed by atoms with Crippen molar-refractivity contribution in [2.24, 2.45) is 0 Å². The molecule has 1 amide bonds. The number of nitrogens with zero attached hydrogens (tertiary/aromatic N) is 1. The van der Waals surface area contributed by atoms with E-state index >= 15 is 0 Å². The number of carbonyl (C=O) groups excluding carboxylic acids is 1. The number of alkyl halides is 3. The maximum Gasteiger partial charge on any atom is 0.416 e. The van der Waals surface area contributed by atoms with Gasteiger partial charge in [-0.15, -0.1) is 0 Å². The Morgan fingerprint density at radius 2 is 1.83 bits per heavy atom. The molecule has 1 heterocycles. The van der Waals surface area contributed by atoms with Gasteiger partial charge in [-0.2, -0.15) is 13.2 Å². The Labute approximate surface area is 132 Å². The van der Waals surface area contributed by atoms with Crippen molar-refractivity contribution in [3.63, 3.8) is 0 Å². The van der Waals surface area contributed by atoms with Gasteiger partial charge in [0.1, 0.15) is 0 Å². The van der Waals surface area contributed by atoms with E-state index in [1.54, 1.807) is 45.2 Å². The fourth-order valence-electron chi connectivity index (χ4n) is 2.19. The van der Waals surface area contributed by atoms with Crippen molar-refractivity contribution >= 4 is 5.91 Å². The van der Waals surface area contributed by atoms with E-state index in [4.69, 9.17) is 0 Å². The first-order valence-electron chi connectivity index (χ1n) is 7.03. The molecular weight excluding hydrogens is 305 g/mol. The average Bonchev–Trinajstić information content (AvgIpc) is 2.47. The van der Waals surface area contributed by atoms with Gasteiger partial charge < -0.3 is 5.32 Å². The van der Waals surface area contributed by atoms with Gasteiger partial charge in [0.15, 0.2) is 0 Å². The summed E-state index contributed by atoms with van der Waals surface area (Å²) in [6.45, 7) is 5.09. The maximum atomic E-state index is 12.8. The smallest absolute Gasteiger partial charge is 0.342 e. The summed E-state index contributed by atoms with van der Waals surface area (Å²) >= 11 is 0. The van der Waals surface area contributed by atoms with Crippen molar-refractivity contribution in [2.45, 2.75) is 32.5 Å². The molecule has 2 aromatic rings. The molecule has 0 spiro atoms. The lowest BCUT2D eigenvalue weighted by atomic mass is 9.97. The van der Waals surface area contributed by atoms with Gasteiger partial charge in [-0.05, 0) is 50.6 Å². The van der Waals surface area contributed by atoms with E-state index < -0.39 is 23.2 Å². The van der Waals surface area contributed by atoms with Crippen LogP contribution in [0.1, 0.15) is 41.0 Å². The van der Waals surface area contributed by atoms with Crippen LogP contribution in [0.25, 0.3) is 0 Å². The van der Waals surface area contributed by atoms with Crippen LogP contribution in [0.3, 0.4) is 0 Å². The van der Waals surface area contributed by atoms with E-state index in [9.17, 15) is 18.0 Å². The number of amides is 1. The summed E-state index contributed by atoms with van der Waals surface area (Å²) in [5.74, 6) is -0.566. The van der Waals surface area contributed by atoms with E-state index in [1.807, 2.05) is 0 Å². The molecule has 2 rings (SSSR count). The van der Waals surface area contributed by atoms with E-state index in [0.717, 1.165) is 12.1 Å². The topological polar surface area (TPSA) is 42.0 Å². The number of halogens is 3. The zero-order valence-electron chi connectivity index (χ0n) is 13.0. The molecular formula is C17H17F3N2O. The molecule has 0 radical (unpaired) electrons. The Bertz CT molecular complexity index is 710. The largest absolute Gasteiger partial charge is 0.416 e. The molecule has 3 nitrogen and oxygen atoms in total. The SMILES string of the molecule is Cc1ccc(C(F)(F)F)cc1C(=O)NC(C)(C)c1ccccn1. The Hall–Kier alpha value is -2.37. The van der Waals surface area contributed by atoms with E-state index in [2.05, 4.69) is 10.3 Å². The third-order valence-corrected chi connectivity index (χ3v) is 3.54. The average molecular weight is 322 g/mol. The number of pyridine rings is 1. The van der Waals surface area contributed by atoms with Gasteiger partial charge in [-0.25, -0.2) is 0 Å². The third kappa shape index (κ3) is 3.88. The normalized spacial score (nSPS) is 12.1. The third-order valence-electron chi connectivity index (χ3n) is 3.54. The van der Waals surface area contributed by atoms with Gasteiger partial charge in [0, 0.05) is 11.8 Å². The lowest BCUT2D eigenvalue weighted by Gasteiger charge is -2.26. The molecule has 23 heavy (non-hydrogen) atoms. The van der Waals surface area contributed by atoms with E-state index in [1.165, 1.54) is 6.07 Å². The maximum absolute atomic E-state index is 12.8. The summed E-state index contributed by atoms with van der Waals surface area (Å²) in [6, 6.07) is 8.42. The van der Waals surface area contributed by atoms with E-state index in [0.29, 0.717) is 11.3 Å². The molecule has 0 saturated heterocycles. The monoisotopic (exact) mass is 322 g/mol. The van der Waals surface area contributed by atoms with Crippen LogP contribution in [-0.2, 0) is 11.7 Å². The van der Waals surface area contributed by atoms with Gasteiger partial charge >= 0.3 is 6.18 Å². The Kier molecular flexibility index (Phi) is 4.45. The first-order chi connectivity index (χ1) is 10.6. The molecule has 0 saturated carbocycles. The molecule has 0 bridgehead atoms. The Balaban J connectivity index is 2.31. The predicted octanol–water partition coefficient (Wildman–Crippen LogP) is 4.07. The number of benzene rings is 1. The summed E-state index contributed by atoms with van der Waals surface area (Å²) in [6.07, 6.45) is -2.89. The molecule has 122 valence electrons. The van der Waals surface area contributed by atoms with Crippen molar-refractivity contribution in [3.8, 4) is 0 Å². The molecule has 0 aliphatic heterocycles. The predicted molar refractivity (Wildman–Crippen MR) is 80.9 cm³/mol. The molecule has 0 fully saturated rings. The van der Waals surface area contributed by atoms with Gasteiger partial charge in [0.2, 0.25) is 0 Å². The van der Waals surface area contributed by atoms with Crippen molar-refractivity contribution in [1.82, 2.24) is 10.3 Å². The van der Waals surface area contributed by atoms with Gasteiger partial charge in [0.25, 0.3) is 5.91 Å². The number of hydrogen-bond acceptors (Lipinski definition) is 2. The highest BCUT2D eigenvalue weighted by Crippen LogP contribution is 2.30. The van der Waals surface area contributed by atoms with Gasteiger partial charge in [-0.1, -0.05) is 12.1 Å². The van der Waals surface area contributed by atoms with Gasteiger partial charge in [-0.3, -0.25) is 9.78 Å². The highest BCUT2D eigenvalue weighted by Gasteiger charge is 2.32. The number of rotatable bonds is 3. The summed E-state index contributed by atoms with van der Waals surface area (Å²) < 4.78 is 38.5. The zero-order chi connectivity index (χ0) is 17.3. The second-order valence-electron chi connectivity index (χ2n) is 5.82. The quantitative estimate of drug-likeness (QED) is 0.925. The van der Waals surface area contributed by atoms with E-state index in [-0.39, 0.29) is 5.56 Å². The van der Waals surface area contributed by atoms with Crippen LogP contribution < -0.4 is 5.32 Å². The fraction of sp³-hybridized carbons (Fsp3) is 0.294. The van der Waals surface area contributed by atoms with Gasteiger partial charge in [0.05, 0.1) is 16.8 Å². The highest BCUT2D eigenvalue weighted by atomic mass is 19.4. The highest BCUT2D eigenvalue weighted by molar-refractivity contribution is 5.96. The lowest BCUT2D eigenvalue weighted by Crippen LogP contribution is -2.41. The summed E-state index contributed by atoms with van der Waals surface area (Å²) in [5, 5.41) is 2.74. The molecule has 0 aliphatic carbocycles. The van der Waals surface area contributed by atoms with Crippen LogP contribution >= 0.6 is 0 Å². The molecule has 1 aromatic heterocycles. The minimum absolute atomic E-state index is 0.00355. The van der Waals surface area contributed by atoms with Crippen LogP contribution in [0.15, 0.2) is 42.6 Å². The van der Waals surface area contributed by atoms with Crippen LogP contribution in [0, 0.1) is 6.92 Å². The van der Waals surface area contributed by atoms with Crippen molar-refractivity contribution in [2.75, 3.05) is 0 Å². The zero-order valence-corrected chi connectivity index (χ0v) is 13.0. The molecule has 0 atom stereocenters.